The summed E-state index contributed by atoms with van der Waals surface area (Å²) >= 11 is 0. The first-order valence-corrected chi connectivity index (χ1v) is 6.17. The van der Waals surface area contributed by atoms with E-state index in [0.29, 0.717) is 5.56 Å². The van der Waals surface area contributed by atoms with E-state index in [1.54, 1.807) is 6.07 Å². The van der Waals surface area contributed by atoms with Crippen LogP contribution in [0.5, 0.6) is 0 Å². The van der Waals surface area contributed by atoms with E-state index < -0.39 is 17.7 Å². The first-order valence-electron chi connectivity index (χ1n) is 6.17. The summed E-state index contributed by atoms with van der Waals surface area (Å²) in [7, 11) is 0. The van der Waals surface area contributed by atoms with Crippen LogP contribution in [-0.2, 0) is 6.42 Å². The number of halogens is 2. The number of aliphatic hydroxyl groups excluding tert-OH is 1. The molecule has 0 radical (unpaired) electrons. The number of aliphatic hydroxyl groups is 1. The predicted molar refractivity (Wildman–Crippen MR) is 70.9 cm³/mol. The number of aryl methyl sites for hydroxylation is 2. The van der Waals surface area contributed by atoms with Crippen LogP contribution in [0.15, 0.2) is 36.4 Å². The summed E-state index contributed by atoms with van der Waals surface area (Å²) in [4.78, 5) is 0. The van der Waals surface area contributed by atoms with Gasteiger partial charge in [0.15, 0.2) is 0 Å². The molecular weight excluding hydrogens is 246 g/mol. The van der Waals surface area contributed by atoms with Crippen molar-refractivity contribution >= 4 is 0 Å². The minimum absolute atomic E-state index is 0.0671. The zero-order valence-corrected chi connectivity index (χ0v) is 11.0. The maximum absolute atomic E-state index is 13.5. The normalized spacial score (nSPS) is 12.5. The van der Waals surface area contributed by atoms with Crippen molar-refractivity contribution in [3.05, 3.63) is 70.3 Å². The molecule has 0 heterocycles. The van der Waals surface area contributed by atoms with Crippen molar-refractivity contribution in [1.29, 1.82) is 0 Å². The van der Waals surface area contributed by atoms with Gasteiger partial charge in [-0.3, -0.25) is 0 Å². The molecule has 0 saturated carbocycles. The van der Waals surface area contributed by atoms with E-state index in [4.69, 9.17) is 0 Å². The van der Waals surface area contributed by atoms with Crippen LogP contribution >= 0.6 is 0 Å². The largest absolute Gasteiger partial charge is 0.388 e. The summed E-state index contributed by atoms with van der Waals surface area (Å²) in [5.74, 6) is -1.24. The number of rotatable bonds is 3. The molecule has 0 aliphatic heterocycles. The molecule has 19 heavy (non-hydrogen) atoms. The van der Waals surface area contributed by atoms with Crippen molar-refractivity contribution in [2.45, 2.75) is 26.4 Å². The Kier molecular flexibility index (Phi) is 3.96. The van der Waals surface area contributed by atoms with Gasteiger partial charge in [-0.25, -0.2) is 8.78 Å². The van der Waals surface area contributed by atoms with Crippen LogP contribution < -0.4 is 0 Å². The maximum atomic E-state index is 13.5. The highest BCUT2D eigenvalue weighted by molar-refractivity contribution is 5.33. The quantitative estimate of drug-likeness (QED) is 0.890. The molecule has 1 atom stereocenters. The second-order valence-corrected chi connectivity index (χ2v) is 4.78. The molecule has 0 amide bonds. The number of hydrogen-bond acceptors (Lipinski definition) is 1. The van der Waals surface area contributed by atoms with Gasteiger partial charge in [0.05, 0.1) is 6.10 Å². The van der Waals surface area contributed by atoms with Crippen LogP contribution in [0.3, 0.4) is 0 Å². The lowest BCUT2D eigenvalue weighted by molar-refractivity contribution is 0.175. The average Bonchev–Trinajstić information content (AvgIpc) is 2.33. The highest BCUT2D eigenvalue weighted by Gasteiger charge is 2.16. The van der Waals surface area contributed by atoms with Gasteiger partial charge in [0.25, 0.3) is 0 Å². The Hall–Kier alpha value is -1.74. The molecule has 3 heteroatoms. The summed E-state index contributed by atoms with van der Waals surface area (Å²) in [6.07, 6.45) is -0.977. The molecule has 2 aromatic carbocycles. The van der Waals surface area contributed by atoms with Gasteiger partial charge in [-0.15, -0.1) is 0 Å². The first-order chi connectivity index (χ1) is 8.99. The molecule has 2 rings (SSSR count). The summed E-state index contributed by atoms with van der Waals surface area (Å²) in [6.45, 7) is 3.84. The fraction of sp³-hybridized carbons (Fsp3) is 0.250. The first kappa shape index (κ1) is 13.7. The average molecular weight is 262 g/mol. The molecule has 0 aliphatic carbocycles. The topological polar surface area (TPSA) is 20.2 Å². The van der Waals surface area contributed by atoms with E-state index in [0.717, 1.165) is 11.1 Å². The second kappa shape index (κ2) is 5.49. The predicted octanol–water partition coefficient (Wildman–Crippen LogP) is 3.86. The van der Waals surface area contributed by atoms with Crippen molar-refractivity contribution in [3.63, 3.8) is 0 Å². The Balaban J connectivity index is 2.28. The van der Waals surface area contributed by atoms with Crippen molar-refractivity contribution < 1.29 is 13.9 Å². The molecule has 2 aromatic rings. The van der Waals surface area contributed by atoms with E-state index in [-0.39, 0.29) is 12.0 Å². The fourth-order valence-electron chi connectivity index (χ4n) is 2.23. The highest BCUT2D eigenvalue weighted by atomic mass is 19.1. The van der Waals surface area contributed by atoms with Gasteiger partial charge < -0.3 is 5.11 Å². The van der Waals surface area contributed by atoms with Crippen LogP contribution in [0.1, 0.15) is 28.4 Å². The van der Waals surface area contributed by atoms with Crippen LogP contribution in [0.4, 0.5) is 8.78 Å². The van der Waals surface area contributed by atoms with Crippen LogP contribution in [0.2, 0.25) is 0 Å². The third-order valence-corrected chi connectivity index (χ3v) is 3.24. The summed E-state index contributed by atoms with van der Waals surface area (Å²) in [5, 5.41) is 10.2. The van der Waals surface area contributed by atoms with Crippen molar-refractivity contribution in [2.24, 2.45) is 0 Å². The van der Waals surface area contributed by atoms with Crippen LogP contribution in [0.25, 0.3) is 0 Å². The maximum Gasteiger partial charge on any atom is 0.129 e. The van der Waals surface area contributed by atoms with Gasteiger partial charge in [0.1, 0.15) is 11.6 Å². The van der Waals surface area contributed by atoms with Crippen molar-refractivity contribution in [2.75, 3.05) is 0 Å². The molecule has 0 bridgehead atoms. The van der Waals surface area contributed by atoms with Crippen molar-refractivity contribution in [3.8, 4) is 0 Å². The minimum Gasteiger partial charge on any atom is -0.388 e. The Morgan fingerprint density at radius 3 is 2.26 bits per heavy atom. The Labute approximate surface area is 111 Å². The molecule has 1 unspecified atom stereocenters. The lowest BCUT2D eigenvalue weighted by Gasteiger charge is -2.15. The third-order valence-electron chi connectivity index (χ3n) is 3.24. The Morgan fingerprint density at radius 2 is 1.68 bits per heavy atom. The smallest absolute Gasteiger partial charge is 0.129 e. The van der Waals surface area contributed by atoms with Gasteiger partial charge in [-0.05, 0) is 37.1 Å². The van der Waals surface area contributed by atoms with E-state index in [1.807, 2.05) is 26.0 Å². The molecular formula is C16H16F2O. The van der Waals surface area contributed by atoms with Gasteiger partial charge >= 0.3 is 0 Å². The van der Waals surface area contributed by atoms with Gasteiger partial charge in [-0.1, -0.05) is 29.8 Å². The third kappa shape index (κ3) is 2.99. The molecule has 0 fully saturated rings. The summed E-state index contributed by atoms with van der Waals surface area (Å²) < 4.78 is 27.1. The van der Waals surface area contributed by atoms with Crippen LogP contribution in [-0.4, -0.2) is 5.11 Å². The Bertz CT molecular complexity index is 573. The number of hydrogen-bond donors (Lipinski definition) is 1. The molecule has 100 valence electrons. The van der Waals surface area contributed by atoms with E-state index >= 15 is 0 Å². The van der Waals surface area contributed by atoms with Crippen molar-refractivity contribution in [1.82, 2.24) is 0 Å². The van der Waals surface area contributed by atoms with E-state index in [9.17, 15) is 13.9 Å². The lowest BCUT2D eigenvalue weighted by Crippen LogP contribution is -2.07. The highest BCUT2D eigenvalue weighted by Crippen LogP contribution is 2.25. The summed E-state index contributed by atoms with van der Waals surface area (Å²) in [5.41, 5.74) is 2.64. The van der Waals surface area contributed by atoms with E-state index in [2.05, 4.69) is 0 Å². The number of benzene rings is 2. The zero-order chi connectivity index (χ0) is 14.0. The molecule has 0 spiro atoms. The molecule has 0 aliphatic rings. The molecule has 1 N–H and O–H groups in total. The standard InChI is InChI=1S/C16H16F2O/c1-10-6-7-12(11(2)8-10)16(19)9-13-14(17)4-3-5-15(13)18/h3-8,16,19H,9H2,1-2H3. The monoisotopic (exact) mass is 262 g/mol. The van der Waals surface area contributed by atoms with Gasteiger partial charge in [0, 0.05) is 12.0 Å². The van der Waals surface area contributed by atoms with Gasteiger partial charge in [0.2, 0.25) is 0 Å². The SMILES string of the molecule is Cc1ccc(C(O)Cc2c(F)cccc2F)c(C)c1. The second-order valence-electron chi connectivity index (χ2n) is 4.78. The molecule has 1 nitrogen and oxygen atoms in total. The van der Waals surface area contributed by atoms with Crippen LogP contribution in [0, 0.1) is 25.5 Å². The lowest BCUT2D eigenvalue weighted by atomic mass is 9.96. The molecule has 0 aromatic heterocycles. The van der Waals surface area contributed by atoms with E-state index in [1.165, 1.54) is 18.2 Å². The minimum atomic E-state index is -0.910. The summed E-state index contributed by atoms with van der Waals surface area (Å²) in [6, 6.07) is 9.34. The zero-order valence-electron chi connectivity index (χ0n) is 11.0. The molecule has 0 saturated heterocycles. The van der Waals surface area contributed by atoms with Gasteiger partial charge in [-0.2, -0.15) is 0 Å². The fourth-order valence-corrected chi connectivity index (χ4v) is 2.23. The Morgan fingerprint density at radius 1 is 1.05 bits per heavy atom.